The van der Waals surface area contributed by atoms with E-state index in [1.54, 1.807) is 12.2 Å². The number of nitrogen functional groups attached to an aromatic ring is 1. The Bertz CT molecular complexity index is 450. The number of nitrogens with two attached hydrogens (primary N) is 1. The summed E-state index contributed by atoms with van der Waals surface area (Å²) in [6.45, 7) is 2.08. The molecule has 18 heavy (non-hydrogen) atoms. The molecule has 1 saturated carbocycles. The minimum Gasteiger partial charge on any atom is -0.399 e. The van der Waals surface area contributed by atoms with E-state index in [9.17, 15) is 4.79 Å². The van der Waals surface area contributed by atoms with Crippen LogP contribution in [-0.4, -0.2) is 11.9 Å². The molecule has 1 aliphatic rings. The summed E-state index contributed by atoms with van der Waals surface area (Å²) in [6, 6.07) is 7.76. The first-order valence-electron chi connectivity index (χ1n) is 6.49. The summed E-state index contributed by atoms with van der Waals surface area (Å²) < 4.78 is 0. The Balaban J connectivity index is 1.86. The molecule has 3 heteroatoms. The number of anilines is 1. The average molecular weight is 244 g/mol. The van der Waals surface area contributed by atoms with E-state index in [0.717, 1.165) is 5.56 Å². The Labute approximate surface area is 108 Å². The number of carbonyl (C=O) groups excluding carboxylic acids is 1. The molecule has 1 amide bonds. The molecular formula is C15H20N2O. The van der Waals surface area contributed by atoms with Gasteiger partial charge in [-0.2, -0.15) is 0 Å². The third-order valence-electron chi connectivity index (χ3n) is 3.56. The van der Waals surface area contributed by atoms with Gasteiger partial charge in [-0.25, -0.2) is 0 Å². The molecule has 1 unspecified atom stereocenters. The zero-order valence-electron chi connectivity index (χ0n) is 10.7. The largest absolute Gasteiger partial charge is 0.399 e. The molecule has 96 valence electrons. The highest BCUT2D eigenvalue weighted by atomic mass is 16.1. The van der Waals surface area contributed by atoms with E-state index in [2.05, 4.69) is 12.2 Å². The van der Waals surface area contributed by atoms with Crippen LogP contribution in [0.3, 0.4) is 0 Å². The van der Waals surface area contributed by atoms with Gasteiger partial charge in [0.15, 0.2) is 0 Å². The van der Waals surface area contributed by atoms with Crippen LogP contribution < -0.4 is 11.1 Å². The van der Waals surface area contributed by atoms with Crippen LogP contribution in [0, 0.1) is 5.92 Å². The van der Waals surface area contributed by atoms with Crippen LogP contribution in [0.25, 0.3) is 6.08 Å². The van der Waals surface area contributed by atoms with E-state index in [0.29, 0.717) is 11.6 Å². The lowest BCUT2D eigenvalue weighted by Gasteiger charge is -2.31. The first kappa shape index (κ1) is 12.7. The lowest BCUT2D eigenvalue weighted by Crippen LogP contribution is -2.39. The van der Waals surface area contributed by atoms with Gasteiger partial charge < -0.3 is 11.1 Å². The molecule has 0 radical (unpaired) electrons. The highest BCUT2D eigenvalue weighted by Crippen LogP contribution is 2.29. The quantitative estimate of drug-likeness (QED) is 0.632. The molecule has 2 rings (SSSR count). The second kappa shape index (κ2) is 5.71. The summed E-state index contributed by atoms with van der Waals surface area (Å²) in [5.41, 5.74) is 7.33. The van der Waals surface area contributed by atoms with Crippen molar-refractivity contribution in [1.82, 2.24) is 5.32 Å². The second-order valence-electron chi connectivity index (χ2n) is 4.99. The van der Waals surface area contributed by atoms with Crippen LogP contribution in [0.1, 0.15) is 31.7 Å². The van der Waals surface area contributed by atoms with E-state index in [-0.39, 0.29) is 11.9 Å². The van der Waals surface area contributed by atoms with Crippen LogP contribution in [-0.2, 0) is 4.79 Å². The van der Waals surface area contributed by atoms with E-state index in [1.165, 1.54) is 19.3 Å². The number of nitrogens with one attached hydrogen (secondary N) is 1. The van der Waals surface area contributed by atoms with Gasteiger partial charge in [0.05, 0.1) is 0 Å². The molecule has 0 heterocycles. The SMILES string of the molecule is CC(NC(=O)/C=C/c1cccc(N)c1)C1CCC1. The lowest BCUT2D eigenvalue weighted by atomic mass is 9.80. The molecule has 1 aliphatic carbocycles. The van der Waals surface area contributed by atoms with E-state index >= 15 is 0 Å². The van der Waals surface area contributed by atoms with Crippen molar-refractivity contribution in [2.24, 2.45) is 5.92 Å². The predicted octanol–water partition coefficient (Wildman–Crippen LogP) is 2.59. The first-order valence-corrected chi connectivity index (χ1v) is 6.49. The summed E-state index contributed by atoms with van der Waals surface area (Å²) in [5, 5.41) is 3.01. The number of hydrogen-bond acceptors (Lipinski definition) is 2. The minimum atomic E-state index is -0.0307. The van der Waals surface area contributed by atoms with Crippen molar-refractivity contribution in [3.8, 4) is 0 Å². The minimum absolute atomic E-state index is 0.0307. The number of hydrogen-bond donors (Lipinski definition) is 2. The van der Waals surface area contributed by atoms with Gasteiger partial charge in [-0.1, -0.05) is 18.6 Å². The molecule has 3 N–H and O–H groups in total. The van der Waals surface area contributed by atoms with E-state index in [4.69, 9.17) is 5.73 Å². The molecule has 0 spiro atoms. The van der Waals surface area contributed by atoms with Crippen LogP contribution in [0.5, 0.6) is 0 Å². The Hall–Kier alpha value is -1.77. The summed E-state index contributed by atoms with van der Waals surface area (Å²) in [4.78, 5) is 11.7. The van der Waals surface area contributed by atoms with Crippen molar-refractivity contribution < 1.29 is 4.79 Å². The maximum atomic E-state index is 11.7. The number of benzene rings is 1. The molecule has 0 bridgehead atoms. The Morgan fingerprint density at radius 1 is 1.50 bits per heavy atom. The van der Waals surface area contributed by atoms with Gasteiger partial charge in [0, 0.05) is 17.8 Å². The normalized spacial score (nSPS) is 17.4. The van der Waals surface area contributed by atoms with Gasteiger partial charge in [0.2, 0.25) is 5.91 Å². The third-order valence-corrected chi connectivity index (χ3v) is 3.56. The summed E-state index contributed by atoms with van der Waals surface area (Å²) >= 11 is 0. The molecule has 0 saturated heterocycles. The molecule has 0 aliphatic heterocycles. The number of carbonyl (C=O) groups is 1. The van der Waals surface area contributed by atoms with Crippen molar-refractivity contribution in [3.05, 3.63) is 35.9 Å². The van der Waals surface area contributed by atoms with Gasteiger partial charge in [-0.15, -0.1) is 0 Å². The third kappa shape index (κ3) is 3.36. The second-order valence-corrected chi connectivity index (χ2v) is 4.99. The molecule has 1 aromatic carbocycles. The van der Waals surface area contributed by atoms with Crippen LogP contribution in [0.15, 0.2) is 30.3 Å². The fourth-order valence-corrected chi connectivity index (χ4v) is 2.16. The summed E-state index contributed by atoms with van der Waals surface area (Å²) in [6.07, 6.45) is 7.13. The zero-order valence-corrected chi connectivity index (χ0v) is 10.7. The molecule has 3 nitrogen and oxygen atoms in total. The first-order chi connectivity index (χ1) is 8.65. The summed E-state index contributed by atoms with van der Waals surface area (Å²) in [7, 11) is 0. The Morgan fingerprint density at radius 3 is 2.89 bits per heavy atom. The molecule has 1 fully saturated rings. The molecule has 1 atom stereocenters. The fourth-order valence-electron chi connectivity index (χ4n) is 2.16. The van der Waals surface area contributed by atoms with Crippen LogP contribution in [0.2, 0.25) is 0 Å². The predicted molar refractivity (Wildman–Crippen MR) is 74.8 cm³/mol. The van der Waals surface area contributed by atoms with Gasteiger partial charge >= 0.3 is 0 Å². The topological polar surface area (TPSA) is 55.1 Å². The van der Waals surface area contributed by atoms with Gasteiger partial charge in [0.25, 0.3) is 0 Å². The maximum absolute atomic E-state index is 11.7. The molecule has 1 aromatic rings. The fraction of sp³-hybridized carbons (Fsp3) is 0.400. The average Bonchev–Trinajstić information content (AvgIpc) is 2.24. The number of amides is 1. The van der Waals surface area contributed by atoms with Crippen molar-refractivity contribution in [1.29, 1.82) is 0 Å². The van der Waals surface area contributed by atoms with Crippen LogP contribution >= 0.6 is 0 Å². The van der Waals surface area contributed by atoms with Crippen molar-refractivity contribution >= 4 is 17.7 Å². The maximum Gasteiger partial charge on any atom is 0.244 e. The Morgan fingerprint density at radius 2 is 2.28 bits per heavy atom. The van der Waals surface area contributed by atoms with Gasteiger partial charge in [0.1, 0.15) is 0 Å². The Kier molecular flexibility index (Phi) is 4.03. The van der Waals surface area contributed by atoms with Crippen molar-refractivity contribution in [2.45, 2.75) is 32.2 Å². The smallest absolute Gasteiger partial charge is 0.244 e. The van der Waals surface area contributed by atoms with E-state index in [1.807, 2.05) is 24.3 Å². The zero-order chi connectivity index (χ0) is 13.0. The lowest BCUT2D eigenvalue weighted by molar-refractivity contribution is -0.117. The van der Waals surface area contributed by atoms with Crippen molar-refractivity contribution in [3.63, 3.8) is 0 Å². The highest BCUT2D eigenvalue weighted by molar-refractivity contribution is 5.92. The van der Waals surface area contributed by atoms with E-state index < -0.39 is 0 Å². The standard InChI is InChI=1S/C15H20N2O/c1-11(13-5-3-6-13)17-15(18)9-8-12-4-2-7-14(16)10-12/h2,4,7-11,13H,3,5-6,16H2,1H3,(H,17,18)/b9-8+. The van der Waals surface area contributed by atoms with Gasteiger partial charge in [-0.3, -0.25) is 4.79 Å². The summed E-state index contributed by atoms with van der Waals surface area (Å²) in [5.74, 6) is 0.631. The van der Waals surface area contributed by atoms with Crippen molar-refractivity contribution in [2.75, 3.05) is 5.73 Å². The number of rotatable bonds is 4. The van der Waals surface area contributed by atoms with Crippen LogP contribution in [0.4, 0.5) is 5.69 Å². The van der Waals surface area contributed by atoms with Gasteiger partial charge in [-0.05, 0) is 49.5 Å². The molecule has 0 aromatic heterocycles. The molecular weight excluding hydrogens is 224 g/mol. The highest BCUT2D eigenvalue weighted by Gasteiger charge is 2.24. The monoisotopic (exact) mass is 244 g/mol.